The van der Waals surface area contributed by atoms with Gasteiger partial charge in [0.2, 0.25) is 5.91 Å². The third kappa shape index (κ3) is 5.19. The molecule has 0 heterocycles. The molecule has 2 aromatic rings. The second-order valence-corrected chi connectivity index (χ2v) is 5.35. The topological polar surface area (TPSA) is 55.4 Å². The summed E-state index contributed by atoms with van der Waals surface area (Å²) in [7, 11) is 0. The van der Waals surface area contributed by atoms with E-state index in [4.69, 9.17) is 4.74 Å². The third-order valence-electron chi connectivity index (χ3n) is 3.42. The first-order chi connectivity index (χ1) is 11.6. The number of aryl methyl sites for hydroxylation is 1. The van der Waals surface area contributed by atoms with Gasteiger partial charge in [-0.3, -0.25) is 4.79 Å². The molecular weight excluding hydrogens is 309 g/mol. The van der Waals surface area contributed by atoms with Crippen LogP contribution in [0.4, 0.5) is 10.1 Å². The summed E-state index contributed by atoms with van der Waals surface area (Å²) in [4.78, 5) is 23.6. The Morgan fingerprint density at radius 2 is 1.79 bits per heavy atom. The molecule has 0 fully saturated rings. The first kappa shape index (κ1) is 17.7. The van der Waals surface area contributed by atoms with Crippen molar-refractivity contribution in [2.24, 2.45) is 0 Å². The standard InChI is InChI=1S/C19H20FNO3/c1-2-13-24-19(23)15-7-10-16(11-8-15)21-18(22)12-9-14-5-3-4-6-17(14)20/h3-8,10-11H,2,9,12-13H2,1H3,(H,21,22). The maximum atomic E-state index is 13.5. The second-order valence-electron chi connectivity index (χ2n) is 5.35. The first-order valence-corrected chi connectivity index (χ1v) is 7.90. The van der Waals surface area contributed by atoms with Crippen molar-refractivity contribution < 1.29 is 18.7 Å². The predicted octanol–water partition coefficient (Wildman–Crippen LogP) is 3.96. The number of halogens is 1. The number of anilines is 1. The Morgan fingerprint density at radius 3 is 2.46 bits per heavy atom. The molecule has 126 valence electrons. The zero-order chi connectivity index (χ0) is 17.4. The number of carbonyl (C=O) groups is 2. The fourth-order valence-electron chi connectivity index (χ4n) is 2.14. The van der Waals surface area contributed by atoms with Gasteiger partial charge in [0, 0.05) is 12.1 Å². The van der Waals surface area contributed by atoms with Gasteiger partial charge in [-0.05, 0) is 48.7 Å². The summed E-state index contributed by atoms with van der Waals surface area (Å²) in [5.41, 5.74) is 1.54. The SMILES string of the molecule is CCCOC(=O)c1ccc(NC(=O)CCc2ccccc2F)cc1. The molecule has 2 aromatic carbocycles. The Morgan fingerprint density at radius 1 is 1.08 bits per heavy atom. The summed E-state index contributed by atoms with van der Waals surface area (Å²) in [5, 5.41) is 2.73. The van der Waals surface area contributed by atoms with Crippen LogP contribution < -0.4 is 5.32 Å². The van der Waals surface area contributed by atoms with Crippen molar-refractivity contribution in [1.29, 1.82) is 0 Å². The molecule has 5 heteroatoms. The summed E-state index contributed by atoms with van der Waals surface area (Å²) >= 11 is 0. The van der Waals surface area contributed by atoms with Crippen LogP contribution in [0, 0.1) is 5.82 Å². The average molecular weight is 329 g/mol. The number of carbonyl (C=O) groups excluding carboxylic acids is 2. The molecule has 0 spiro atoms. The summed E-state index contributed by atoms with van der Waals surface area (Å²) in [6.45, 7) is 2.31. The van der Waals surface area contributed by atoms with Crippen LogP contribution in [0.25, 0.3) is 0 Å². The predicted molar refractivity (Wildman–Crippen MR) is 90.4 cm³/mol. The lowest BCUT2D eigenvalue weighted by molar-refractivity contribution is -0.116. The molecular formula is C19H20FNO3. The van der Waals surface area contributed by atoms with Gasteiger partial charge >= 0.3 is 5.97 Å². The maximum absolute atomic E-state index is 13.5. The number of amides is 1. The molecule has 0 radical (unpaired) electrons. The summed E-state index contributed by atoms with van der Waals surface area (Å²) in [6, 6.07) is 12.9. The highest BCUT2D eigenvalue weighted by Gasteiger charge is 2.08. The van der Waals surface area contributed by atoms with Crippen LogP contribution in [0.2, 0.25) is 0 Å². The van der Waals surface area contributed by atoms with Crippen molar-refractivity contribution in [3.05, 3.63) is 65.5 Å². The van der Waals surface area contributed by atoms with E-state index in [0.29, 0.717) is 29.8 Å². The van der Waals surface area contributed by atoms with Crippen molar-refractivity contribution in [2.45, 2.75) is 26.2 Å². The molecule has 2 rings (SSSR count). The van der Waals surface area contributed by atoms with Gasteiger partial charge in [-0.15, -0.1) is 0 Å². The van der Waals surface area contributed by atoms with Crippen LogP contribution in [-0.2, 0) is 16.0 Å². The van der Waals surface area contributed by atoms with Gasteiger partial charge in [0.05, 0.1) is 12.2 Å². The number of nitrogens with one attached hydrogen (secondary N) is 1. The van der Waals surface area contributed by atoms with Crippen LogP contribution >= 0.6 is 0 Å². The smallest absolute Gasteiger partial charge is 0.338 e. The molecule has 0 bridgehead atoms. The van der Waals surface area contributed by atoms with Gasteiger partial charge in [0.15, 0.2) is 0 Å². The molecule has 0 unspecified atom stereocenters. The van der Waals surface area contributed by atoms with Gasteiger partial charge < -0.3 is 10.1 Å². The van der Waals surface area contributed by atoms with E-state index >= 15 is 0 Å². The van der Waals surface area contributed by atoms with Gasteiger partial charge in [-0.25, -0.2) is 9.18 Å². The van der Waals surface area contributed by atoms with E-state index in [-0.39, 0.29) is 24.1 Å². The molecule has 0 saturated heterocycles. The molecule has 4 nitrogen and oxygen atoms in total. The minimum Gasteiger partial charge on any atom is -0.462 e. The zero-order valence-electron chi connectivity index (χ0n) is 13.5. The largest absolute Gasteiger partial charge is 0.462 e. The Bertz CT molecular complexity index is 698. The van der Waals surface area contributed by atoms with E-state index in [2.05, 4.69) is 5.32 Å². The first-order valence-electron chi connectivity index (χ1n) is 7.90. The highest BCUT2D eigenvalue weighted by molar-refractivity contribution is 5.93. The van der Waals surface area contributed by atoms with E-state index in [1.54, 1.807) is 42.5 Å². The third-order valence-corrected chi connectivity index (χ3v) is 3.42. The van der Waals surface area contributed by atoms with E-state index in [1.165, 1.54) is 6.07 Å². The molecule has 0 aliphatic heterocycles. The zero-order valence-corrected chi connectivity index (χ0v) is 13.5. The normalized spacial score (nSPS) is 10.2. The van der Waals surface area contributed by atoms with Crippen LogP contribution in [0.15, 0.2) is 48.5 Å². The lowest BCUT2D eigenvalue weighted by Crippen LogP contribution is -2.13. The number of ether oxygens (including phenoxy) is 1. The monoisotopic (exact) mass is 329 g/mol. The fraction of sp³-hybridized carbons (Fsp3) is 0.263. The average Bonchev–Trinajstić information content (AvgIpc) is 2.59. The Hall–Kier alpha value is -2.69. The molecule has 0 atom stereocenters. The van der Waals surface area contributed by atoms with Crippen molar-refractivity contribution in [1.82, 2.24) is 0 Å². The number of hydrogen-bond donors (Lipinski definition) is 1. The molecule has 24 heavy (non-hydrogen) atoms. The molecule has 0 aliphatic rings. The van der Waals surface area contributed by atoms with E-state index in [9.17, 15) is 14.0 Å². The minimum absolute atomic E-state index is 0.182. The van der Waals surface area contributed by atoms with Crippen LogP contribution in [-0.4, -0.2) is 18.5 Å². The summed E-state index contributed by atoms with van der Waals surface area (Å²) < 4.78 is 18.5. The number of benzene rings is 2. The number of esters is 1. The van der Waals surface area contributed by atoms with Gasteiger partial charge in [-0.2, -0.15) is 0 Å². The van der Waals surface area contributed by atoms with Crippen molar-refractivity contribution in [3.63, 3.8) is 0 Å². The molecule has 1 amide bonds. The van der Waals surface area contributed by atoms with Gasteiger partial charge in [0.25, 0.3) is 0 Å². The highest BCUT2D eigenvalue weighted by atomic mass is 19.1. The Balaban J connectivity index is 1.85. The lowest BCUT2D eigenvalue weighted by Gasteiger charge is -2.07. The van der Waals surface area contributed by atoms with Gasteiger partial charge in [-0.1, -0.05) is 25.1 Å². The highest BCUT2D eigenvalue weighted by Crippen LogP contribution is 2.13. The van der Waals surface area contributed by atoms with Crippen molar-refractivity contribution in [3.8, 4) is 0 Å². The molecule has 1 N–H and O–H groups in total. The maximum Gasteiger partial charge on any atom is 0.338 e. The quantitative estimate of drug-likeness (QED) is 0.782. The summed E-state index contributed by atoms with van der Waals surface area (Å²) in [6.07, 6.45) is 1.28. The van der Waals surface area contributed by atoms with Crippen LogP contribution in [0.1, 0.15) is 35.7 Å². The Kier molecular flexibility index (Phi) is 6.49. The van der Waals surface area contributed by atoms with Crippen molar-refractivity contribution in [2.75, 3.05) is 11.9 Å². The van der Waals surface area contributed by atoms with Gasteiger partial charge in [0.1, 0.15) is 5.82 Å². The summed E-state index contributed by atoms with van der Waals surface area (Å²) in [5.74, 6) is -0.894. The van der Waals surface area contributed by atoms with E-state index < -0.39 is 0 Å². The number of hydrogen-bond acceptors (Lipinski definition) is 3. The number of rotatable bonds is 7. The molecule has 0 aromatic heterocycles. The van der Waals surface area contributed by atoms with E-state index in [1.807, 2.05) is 6.92 Å². The lowest BCUT2D eigenvalue weighted by atomic mass is 10.1. The van der Waals surface area contributed by atoms with E-state index in [0.717, 1.165) is 6.42 Å². The second kappa shape index (κ2) is 8.82. The minimum atomic E-state index is -0.380. The fourth-order valence-corrected chi connectivity index (χ4v) is 2.14. The van der Waals surface area contributed by atoms with Crippen LogP contribution in [0.5, 0.6) is 0 Å². The molecule has 0 saturated carbocycles. The molecule has 0 aliphatic carbocycles. The Labute approximate surface area is 140 Å². The van der Waals surface area contributed by atoms with Crippen LogP contribution in [0.3, 0.4) is 0 Å². The van der Waals surface area contributed by atoms with Crippen molar-refractivity contribution >= 4 is 17.6 Å².